The molecule has 0 N–H and O–H groups in total. The van der Waals surface area contributed by atoms with E-state index in [4.69, 9.17) is 11.6 Å². The minimum Gasteiger partial charge on any atom is -0.199 e. The number of hydrogen-bond donors (Lipinski definition) is 0. The van der Waals surface area contributed by atoms with Crippen molar-refractivity contribution >= 4 is 17.2 Å². The van der Waals surface area contributed by atoms with Gasteiger partial charge < -0.3 is 0 Å². The molecule has 78 valence electrons. The fourth-order valence-electron chi connectivity index (χ4n) is 1.57. The van der Waals surface area contributed by atoms with Crippen LogP contribution in [-0.2, 0) is 0 Å². The predicted octanol–water partition coefficient (Wildman–Crippen LogP) is 2.44. The summed E-state index contributed by atoms with van der Waals surface area (Å²) >= 11 is 6.11. The summed E-state index contributed by atoms with van der Waals surface area (Å²) in [7, 11) is 0. The monoisotopic (exact) mass is 230 g/mol. The normalized spacial score (nSPS) is 10.8. The Balaban J connectivity index is 2.27. The molecule has 0 aliphatic carbocycles. The van der Waals surface area contributed by atoms with Crippen LogP contribution in [0.4, 0.5) is 0 Å². The number of nitrogens with zero attached hydrogens (tertiary/aromatic N) is 4. The van der Waals surface area contributed by atoms with Crippen LogP contribution in [0.3, 0.4) is 0 Å². The van der Waals surface area contributed by atoms with Crippen LogP contribution in [0.25, 0.3) is 16.8 Å². The Hall–Kier alpha value is -1.94. The van der Waals surface area contributed by atoms with Gasteiger partial charge in [0.2, 0.25) is 0 Å². The van der Waals surface area contributed by atoms with Gasteiger partial charge in [0.05, 0.1) is 0 Å². The molecule has 0 saturated carbocycles. The van der Waals surface area contributed by atoms with Crippen LogP contribution >= 0.6 is 11.6 Å². The minimum absolute atomic E-state index is 0.443. The predicted molar refractivity (Wildman–Crippen MR) is 61.2 cm³/mol. The third-order valence-corrected chi connectivity index (χ3v) is 2.61. The largest absolute Gasteiger partial charge is 0.199 e. The lowest BCUT2D eigenvalue weighted by molar-refractivity contribution is 0.928. The molecule has 16 heavy (non-hydrogen) atoms. The Morgan fingerprint density at radius 2 is 1.94 bits per heavy atom. The average Bonchev–Trinajstić information content (AvgIpc) is 2.76. The van der Waals surface area contributed by atoms with Crippen molar-refractivity contribution in [3.05, 3.63) is 47.9 Å². The van der Waals surface area contributed by atoms with E-state index in [2.05, 4.69) is 15.3 Å². The molecule has 2 heterocycles. The van der Waals surface area contributed by atoms with Crippen molar-refractivity contribution in [1.29, 1.82) is 0 Å². The molecule has 3 aromatic rings. The average molecular weight is 231 g/mol. The van der Waals surface area contributed by atoms with Gasteiger partial charge in [-0.1, -0.05) is 41.9 Å². The number of aromatic nitrogens is 4. The molecular weight excluding hydrogens is 224 g/mol. The zero-order valence-electron chi connectivity index (χ0n) is 8.21. The standard InChI is InChI=1S/C11H7ClN4/c12-11-9(8-4-2-1-3-5-8)6-10-14-13-7-16(10)15-11/h1-7H. The summed E-state index contributed by atoms with van der Waals surface area (Å²) in [6, 6.07) is 11.7. The van der Waals surface area contributed by atoms with E-state index in [1.165, 1.54) is 6.33 Å². The molecule has 3 rings (SSSR count). The van der Waals surface area contributed by atoms with E-state index in [0.29, 0.717) is 10.8 Å². The molecule has 0 atom stereocenters. The molecule has 0 aliphatic rings. The van der Waals surface area contributed by atoms with E-state index in [1.54, 1.807) is 4.52 Å². The van der Waals surface area contributed by atoms with Gasteiger partial charge in [0, 0.05) is 5.56 Å². The van der Waals surface area contributed by atoms with Crippen LogP contribution in [0.1, 0.15) is 0 Å². The second kappa shape index (κ2) is 3.57. The molecule has 0 fully saturated rings. The highest BCUT2D eigenvalue weighted by atomic mass is 35.5. The number of fused-ring (bicyclic) bond motifs is 1. The third kappa shape index (κ3) is 1.44. The summed E-state index contributed by atoms with van der Waals surface area (Å²) in [4.78, 5) is 0. The third-order valence-electron chi connectivity index (χ3n) is 2.33. The maximum atomic E-state index is 6.11. The van der Waals surface area contributed by atoms with Crippen LogP contribution in [0.15, 0.2) is 42.7 Å². The molecule has 2 aromatic heterocycles. The maximum absolute atomic E-state index is 6.11. The summed E-state index contributed by atoms with van der Waals surface area (Å²) in [5, 5.41) is 12.3. The van der Waals surface area contributed by atoms with Crippen molar-refractivity contribution in [3.63, 3.8) is 0 Å². The van der Waals surface area contributed by atoms with Gasteiger partial charge in [-0.2, -0.15) is 9.61 Å². The quantitative estimate of drug-likeness (QED) is 0.645. The smallest absolute Gasteiger partial charge is 0.178 e. The lowest BCUT2D eigenvalue weighted by Gasteiger charge is -2.03. The second-order valence-corrected chi connectivity index (χ2v) is 3.71. The van der Waals surface area contributed by atoms with E-state index < -0.39 is 0 Å². The van der Waals surface area contributed by atoms with Crippen LogP contribution in [0.2, 0.25) is 5.15 Å². The van der Waals surface area contributed by atoms with Gasteiger partial charge in [-0.3, -0.25) is 0 Å². The minimum atomic E-state index is 0.443. The lowest BCUT2D eigenvalue weighted by atomic mass is 10.1. The van der Waals surface area contributed by atoms with Gasteiger partial charge >= 0.3 is 0 Å². The highest BCUT2D eigenvalue weighted by molar-refractivity contribution is 6.32. The fraction of sp³-hybridized carbons (Fsp3) is 0. The number of hydrogen-bond acceptors (Lipinski definition) is 3. The van der Waals surface area contributed by atoms with E-state index in [-0.39, 0.29) is 0 Å². The zero-order valence-corrected chi connectivity index (χ0v) is 8.96. The Morgan fingerprint density at radius 3 is 2.75 bits per heavy atom. The lowest BCUT2D eigenvalue weighted by Crippen LogP contribution is -1.93. The molecule has 0 bridgehead atoms. The van der Waals surface area contributed by atoms with E-state index in [1.807, 2.05) is 36.4 Å². The number of halogens is 1. The number of benzene rings is 1. The topological polar surface area (TPSA) is 43.1 Å². The first kappa shape index (κ1) is 9.30. The van der Waals surface area contributed by atoms with Crippen LogP contribution in [0, 0.1) is 0 Å². The SMILES string of the molecule is Clc1nn2cnnc2cc1-c1ccccc1. The molecule has 0 saturated heterocycles. The second-order valence-electron chi connectivity index (χ2n) is 3.35. The Morgan fingerprint density at radius 1 is 1.12 bits per heavy atom. The molecule has 0 amide bonds. The Bertz CT molecular complexity index is 633. The van der Waals surface area contributed by atoms with Gasteiger partial charge in [0.1, 0.15) is 6.33 Å². The van der Waals surface area contributed by atoms with E-state index >= 15 is 0 Å². The summed E-state index contributed by atoms with van der Waals surface area (Å²) in [5.74, 6) is 0. The molecule has 0 spiro atoms. The first-order valence-electron chi connectivity index (χ1n) is 4.76. The Labute approximate surface area is 96.5 Å². The first-order valence-corrected chi connectivity index (χ1v) is 5.14. The van der Waals surface area contributed by atoms with Crippen molar-refractivity contribution in [2.75, 3.05) is 0 Å². The molecule has 4 nitrogen and oxygen atoms in total. The van der Waals surface area contributed by atoms with Crippen LogP contribution < -0.4 is 0 Å². The molecule has 0 radical (unpaired) electrons. The van der Waals surface area contributed by atoms with Crippen molar-refractivity contribution in [2.45, 2.75) is 0 Å². The first-order chi connectivity index (χ1) is 7.84. The summed E-state index contributed by atoms with van der Waals surface area (Å²) < 4.78 is 1.55. The molecule has 1 aromatic carbocycles. The van der Waals surface area contributed by atoms with Gasteiger partial charge in [0.25, 0.3) is 0 Å². The highest BCUT2D eigenvalue weighted by Crippen LogP contribution is 2.26. The van der Waals surface area contributed by atoms with Crippen molar-refractivity contribution in [3.8, 4) is 11.1 Å². The van der Waals surface area contributed by atoms with Gasteiger partial charge in [-0.05, 0) is 11.6 Å². The summed E-state index contributed by atoms with van der Waals surface area (Å²) in [6.45, 7) is 0. The summed E-state index contributed by atoms with van der Waals surface area (Å²) in [5.41, 5.74) is 2.57. The van der Waals surface area contributed by atoms with Crippen molar-refractivity contribution in [1.82, 2.24) is 19.8 Å². The van der Waals surface area contributed by atoms with Crippen molar-refractivity contribution < 1.29 is 0 Å². The van der Waals surface area contributed by atoms with E-state index in [0.717, 1.165) is 11.1 Å². The van der Waals surface area contributed by atoms with Gasteiger partial charge in [-0.25, -0.2) is 0 Å². The molecule has 0 unspecified atom stereocenters. The van der Waals surface area contributed by atoms with Crippen molar-refractivity contribution in [2.24, 2.45) is 0 Å². The van der Waals surface area contributed by atoms with Crippen LogP contribution in [0.5, 0.6) is 0 Å². The highest BCUT2D eigenvalue weighted by Gasteiger charge is 2.07. The molecule has 0 aliphatic heterocycles. The Kier molecular flexibility index (Phi) is 2.08. The zero-order chi connectivity index (χ0) is 11.0. The van der Waals surface area contributed by atoms with Gasteiger partial charge in [0.15, 0.2) is 10.8 Å². The summed E-state index contributed by atoms with van der Waals surface area (Å²) in [6.07, 6.45) is 1.52. The van der Waals surface area contributed by atoms with E-state index in [9.17, 15) is 0 Å². The fourth-order valence-corrected chi connectivity index (χ4v) is 1.81. The number of rotatable bonds is 1. The molecule has 5 heteroatoms. The van der Waals surface area contributed by atoms with Crippen LogP contribution in [-0.4, -0.2) is 19.8 Å². The molecular formula is C11H7ClN4. The maximum Gasteiger partial charge on any atom is 0.178 e. The van der Waals surface area contributed by atoms with Gasteiger partial charge in [-0.15, -0.1) is 10.2 Å².